The second-order valence-electron chi connectivity index (χ2n) is 5.33. The third kappa shape index (κ3) is 3.62. The van der Waals surface area contributed by atoms with Crippen molar-refractivity contribution in [2.24, 2.45) is 5.92 Å². The van der Waals surface area contributed by atoms with E-state index in [1.165, 1.54) is 0 Å². The highest BCUT2D eigenvalue weighted by molar-refractivity contribution is 9.10. The fourth-order valence-electron chi connectivity index (χ4n) is 2.64. The van der Waals surface area contributed by atoms with Crippen molar-refractivity contribution in [3.63, 3.8) is 0 Å². The van der Waals surface area contributed by atoms with Crippen molar-refractivity contribution in [3.05, 3.63) is 47.2 Å². The van der Waals surface area contributed by atoms with Gasteiger partial charge in [-0.15, -0.1) is 0 Å². The molecule has 2 aromatic rings. The predicted molar refractivity (Wildman–Crippen MR) is 89.7 cm³/mol. The number of benzene rings is 1. The van der Waals surface area contributed by atoms with Crippen molar-refractivity contribution < 1.29 is 4.79 Å². The SMILES string of the molecule is O=C(Nc1cccc(Br)c1)C1CCCN(c2ncccn2)C1. The summed E-state index contributed by atoms with van der Waals surface area (Å²) in [7, 11) is 0. The first-order valence-corrected chi connectivity index (χ1v) is 8.10. The lowest BCUT2D eigenvalue weighted by atomic mass is 9.97. The molecule has 1 N–H and O–H groups in total. The summed E-state index contributed by atoms with van der Waals surface area (Å²) in [5.74, 6) is 0.706. The van der Waals surface area contributed by atoms with E-state index in [2.05, 4.69) is 36.1 Å². The molecule has 3 rings (SSSR count). The molecule has 22 heavy (non-hydrogen) atoms. The van der Waals surface area contributed by atoms with E-state index in [0.717, 1.165) is 29.5 Å². The van der Waals surface area contributed by atoms with E-state index in [4.69, 9.17) is 0 Å². The van der Waals surface area contributed by atoms with Crippen molar-refractivity contribution in [1.82, 2.24) is 9.97 Å². The molecule has 0 radical (unpaired) electrons. The molecule has 1 amide bonds. The Balaban J connectivity index is 1.65. The molecule has 114 valence electrons. The largest absolute Gasteiger partial charge is 0.340 e. The summed E-state index contributed by atoms with van der Waals surface area (Å²) in [4.78, 5) is 23.1. The quantitative estimate of drug-likeness (QED) is 0.913. The van der Waals surface area contributed by atoms with Gasteiger partial charge in [0.05, 0.1) is 5.92 Å². The summed E-state index contributed by atoms with van der Waals surface area (Å²) in [5.41, 5.74) is 0.812. The van der Waals surface area contributed by atoms with Gasteiger partial charge in [-0.3, -0.25) is 4.79 Å². The van der Waals surface area contributed by atoms with Crippen LogP contribution in [-0.2, 0) is 4.79 Å². The minimum atomic E-state index is -0.0449. The van der Waals surface area contributed by atoms with Crippen LogP contribution >= 0.6 is 15.9 Å². The number of rotatable bonds is 3. The highest BCUT2D eigenvalue weighted by Crippen LogP contribution is 2.22. The molecule has 0 saturated carbocycles. The molecular formula is C16H17BrN4O. The first-order valence-electron chi connectivity index (χ1n) is 7.31. The third-order valence-electron chi connectivity index (χ3n) is 3.72. The molecule has 0 bridgehead atoms. The molecule has 1 saturated heterocycles. The summed E-state index contributed by atoms with van der Waals surface area (Å²) >= 11 is 3.41. The van der Waals surface area contributed by atoms with Crippen LogP contribution in [0.1, 0.15) is 12.8 Å². The molecule has 1 aromatic heterocycles. The minimum Gasteiger partial charge on any atom is -0.340 e. The first-order chi connectivity index (χ1) is 10.7. The van der Waals surface area contributed by atoms with Gasteiger partial charge in [0.15, 0.2) is 0 Å². The molecule has 1 fully saturated rings. The number of carbonyl (C=O) groups is 1. The average Bonchev–Trinajstić information content (AvgIpc) is 2.56. The number of hydrogen-bond donors (Lipinski definition) is 1. The molecule has 2 heterocycles. The van der Waals surface area contributed by atoms with Crippen LogP contribution in [0.5, 0.6) is 0 Å². The average molecular weight is 361 g/mol. The van der Waals surface area contributed by atoms with Crippen LogP contribution in [0, 0.1) is 5.92 Å². The van der Waals surface area contributed by atoms with Crippen LogP contribution in [0.15, 0.2) is 47.2 Å². The number of nitrogens with one attached hydrogen (secondary N) is 1. The Morgan fingerprint density at radius 3 is 2.86 bits per heavy atom. The van der Waals surface area contributed by atoms with Gasteiger partial charge in [0.25, 0.3) is 0 Å². The zero-order chi connectivity index (χ0) is 15.4. The van der Waals surface area contributed by atoms with E-state index in [0.29, 0.717) is 12.5 Å². The lowest BCUT2D eigenvalue weighted by molar-refractivity contribution is -0.120. The van der Waals surface area contributed by atoms with Crippen molar-refractivity contribution in [3.8, 4) is 0 Å². The Labute approximate surface area is 137 Å². The van der Waals surface area contributed by atoms with E-state index in [1.54, 1.807) is 18.5 Å². The van der Waals surface area contributed by atoms with Crippen LogP contribution in [0.3, 0.4) is 0 Å². The minimum absolute atomic E-state index is 0.0449. The Kier molecular flexibility index (Phi) is 4.68. The number of halogens is 1. The summed E-state index contributed by atoms with van der Waals surface area (Å²) in [6, 6.07) is 9.43. The lowest BCUT2D eigenvalue weighted by Crippen LogP contribution is -2.41. The lowest BCUT2D eigenvalue weighted by Gasteiger charge is -2.31. The van der Waals surface area contributed by atoms with Crippen LogP contribution in [0.4, 0.5) is 11.6 Å². The monoisotopic (exact) mass is 360 g/mol. The van der Waals surface area contributed by atoms with Gasteiger partial charge >= 0.3 is 0 Å². The molecule has 1 aliphatic rings. The third-order valence-corrected chi connectivity index (χ3v) is 4.21. The van der Waals surface area contributed by atoms with E-state index >= 15 is 0 Å². The summed E-state index contributed by atoms with van der Waals surface area (Å²) in [6.45, 7) is 1.55. The summed E-state index contributed by atoms with van der Waals surface area (Å²) < 4.78 is 0.952. The molecule has 1 unspecified atom stereocenters. The van der Waals surface area contributed by atoms with Crippen molar-refractivity contribution in [2.75, 3.05) is 23.3 Å². The number of aromatic nitrogens is 2. The highest BCUT2D eigenvalue weighted by Gasteiger charge is 2.27. The van der Waals surface area contributed by atoms with Crippen molar-refractivity contribution >= 4 is 33.5 Å². The first kappa shape index (κ1) is 15.0. The summed E-state index contributed by atoms with van der Waals surface area (Å²) in [5, 5.41) is 2.99. The van der Waals surface area contributed by atoms with E-state index in [-0.39, 0.29) is 11.8 Å². The Hall–Kier alpha value is -1.95. The van der Waals surface area contributed by atoms with E-state index in [9.17, 15) is 4.79 Å². The molecule has 1 atom stereocenters. The number of amides is 1. The van der Waals surface area contributed by atoms with Crippen LogP contribution in [-0.4, -0.2) is 29.0 Å². The Morgan fingerprint density at radius 1 is 1.27 bits per heavy atom. The Morgan fingerprint density at radius 2 is 2.09 bits per heavy atom. The molecule has 0 spiro atoms. The van der Waals surface area contributed by atoms with Gasteiger partial charge in [-0.05, 0) is 37.1 Å². The van der Waals surface area contributed by atoms with Crippen molar-refractivity contribution in [2.45, 2.75) is 12.8 Å². The van der Waals surface area contributed by atoms with E-state index < -0.39 is 0 Å². The second-order valence-corrected chi connectivity index (χ2v) is 6.25. The maximum atomic E-state index is 12.5. The molecule has 1 aromatic carbocycles. The molecule has 6 heteroatoms. The zero-order valence-corrected chi connectivity index (χ0v) is 13.7. The second kappa shape index (κ2) is 6.87. The van der Waals surface area contributed by atoms with Gasteiger partial charge in [0, 0.05) is 35.6 Å². The van der Waals surface area contributed by atoms with Gasteiger partial charge in [-0.25, -0.2) is 9.97 Å². The molecule has 1 aliphatic heterocycles. The fourth-order valence-corrected chi connectivity index (χ4v) is 3.04. The molecule has 5 nitrogen and oxygen atoms in total. The highest BCUT2D eigenvalue weighted by atomic mass is 79.9. The van der Waals surface area contributed by atoms with Crippen LogP contribution < -0.4 is 10.2 Å². The van der Waals surface area contributed by atoms with Crippen molar-refractivity contribution in [1.29, 1.82) is 0 Å². The molecule has 0 aliphatic carbocycles. The van der Waals surface area contributed by atoms with Crippen LogP contribution in [0.2, 0.25) is 0 Å². The number of piperidine rings is 1. The van der Waals surface area contributed by atoms with Gasteiger partial charge in [-0.2, -0.15) is 0 Å². The molecular weight excluding hydrogens is 344 g/mol. The Bertz CT molecular complexity index is 650. The smallest absolute Gasteiger partial charge is 0.229 e. The normalized spacial score (nSPS) is 18.0. The topological polar surface area (TPSA) is 58.1 Å². The van der Waals surface area contributed by atoms with Gasteiger partial charge in [-0.1, -0.05) is 22.0 Å². The number of nitrogens with zero attached hydrogens (tertiary/aromatic N) is 3. The van der Waals surface area contributed by atoms with Crippen LogP contribution in [0.25, 0.3) is 0 Å². The fraction of sp³-hybridized carbons (Fsp3) is 0.312. The van der Waals surface area contributed by atoms with E-state index in [1.807, 2.05) is 24.3 Å². The number of carbonyl (C=O) groups excluding carboxylic acids is 1. The van der Waals surface area contributed by atoms with Gasteiger partial charge < -0.3 is 10.2 Å². The maximum Gasteiger partial charge on any atom is 0.229 e. The number of anilines is 2. The summed E-state index contributed by atoms with van der Waals surface area (Å²) in [6.07, 6.45) is 5.32. The van der Waals surface area contributed by atoms with Gasteiger partial charge in [0.1, 0.15) is 0 Å². The predicted octanol–water partition coefficient (Wildman–Crippen LogP) is 3.09. The standard InChI is InChI=1S/C16H17BrN4O/c17-13-5-1-6-14(10-13)20-15(22)12-4-2-9-21(11-12)16-18-7-3-8-19-16/h1,3,5-8,10,12H,2,4,9,11H2,(H,20,22). The zero-order valence-electron chi connectivity index (χ0n) is 12.1. The maximum absolute atomic E-state index is 12.5. The number of hydrogen-bond acceptors (Lipinski definition) is 4. The van der Waals surface area contributed by atoms with Gasteiger partial charge in [0.2, 0.25) is 11.9 Å².